The molecule has 1 N–H and O–H groups in total. The van der Waals surface area contributed by atoms with Gasteiger partial charge < -0.3 is 9.88 Å². The molecule has 0 spiro atoms. The molecule has 0 radical (unpaired) electrons. The van der Waals surface area contributed by atoms with Gasteiger partial charge in [0.25, 0.3) is 0 Å². The van der Waals surface area contributed by atoms with E-state index in [1.807, 2.05) is 0 Å². The van der Waals surface area contributed by atoms with E-state index in [-0.39, 0.29) is 0 Å². The molecule has 2 unspecified atom stereocenters. The SMILES string of the molecule is Cc1cc(-c2cccc(-c3cccc(CC4CCCC4N(C)C)c3)n2)c(C)[nH]1. The number of aryl methyl sites for hydroxylation is 2. The largest absolute Gasteiger partial charge is 0.362 e. The zero-order valence-electron chi connectivity index (χ0n) is 17.5. The van der Waals surface area contributed by atoms with Crippen molar-refractivity contribution in [3.05, 3.63) is 65.5 Å². The number of H-pyrrole nitrogens is 1. The van der Waals surface area contributed by atoms with E-state index >= 15 is 0 Å². The van der Waals surface area contributed by atoms with Crippen LogP contribution in [-0.4, -0.2) is 35.0 Å². The van der Waals surface area contributed by atoms with Crippen LogP contribution in [0, 0.1) is 19.8 Å². The third kappa shape index (κ3) is 3.90. The summed E-state index contributed by atoms with van der Waals surface area (Å²) in [5, 5.41) is 0. The Labute approximate surface area is 168 Å². The van der Waals surface area contributed by atoms with Crippen molar-refractivity contribution >= 4 is 0 Å². The highest BCUT2D eigenvalue weighted by atomic mass is 15.1. The van der Waals surface area contributed by atoms with Crippen LogP contribution in [0.4, 0.5) is 0 Å². The van der Waals surface area contributed by atoms with Crippen molar-refractivity contribution in [2.75, 3.05) is 14.1 Å². The molecule has 3 aromatic rings. The van der Waals surface area contributed by atoms with Gasteiger partial charge in [-0.3, -0.25) is 0 Å². The number of aromatic amines is 1. The first-order valence-electron chi connectivity index (χ1n) is 10.4. The van der Waals surface area contributed by atoms with E-state index in [2.05, 4.69) is 86.4 Å². The second kappa shape index (κ2) is 7.92. The summed E-state index contributed by atoms with van der Waals surface area (Å²) in [6.07, 6.45) is 5.18. The molecule has 3 heteroatoms. The average Bonchev–Trinajstić information content (AvgIpc) is 3.28. The predicted octanol–water partition coefficient (Wildman–Crippen LogP) is 5.63. The van der Waals surface area contributed by atoms with Crippen LogP contribution in [0.15, 0.2) is 48.5 Å². The van der Waals surface area contributed by atoms with Crippen LogP contribution in [-0.2, 0) is 6.42 Å². The molecule has 2 aromatic heterocycles. The van der Waals surface area contributed by atoms with Gasteiger partial charge in [0.15, 0.2) is 0 Å². The van der Waals surface area contributed by atoms with Crippen molar-refractivity contribution in [1.82, 2.24) is 14.9 Å². The molecule has 2 heterocycles. The topological polar surface area (TPSA) is 31.9 Å². The Morgan fingerprint density at radius 2 is 1.79 bits per heavy atom. The quantitative estimate of drug-likeness (QED) is 0.628. The Morgan fingerprint density at radius 3 is 2.54 bits per heavy atom. The first-order valence-corrected chi connectivity index (χ1v) is 10.4. The highest BCUT2D eigenvalue weighted by Crippen LogP contribution is 2.32. The third-order valence-electron chi connectivity index (χ3n) is 6.18. The first kappa shape index (κ1) is 18.9. The van der Waals surface area contributed by atoms with Crippen LogP contribution in [0.5, 0.6) is 0 Å². The molecule has 1 saturated carbocycles. The van der Waals surface area contributed by atoms with Crippen molar-refractivity contribution < 1.29 is 0 Å². The molecular formula is C25H31N3. The molecular weight excluding hydrogens is 342 g/mol. The lowest BCUT2D eigenvalue weighted by molar-refractivity contribution is 0.236. The molecule has 1 fully saturated rings. The second-order valence-corrected chi connectivity index (χ2v) is 8.53. The van der Waals surface area contributed by atoms with Gasteiger partial charge in [0.1, 0.15) is 0 Å². The fourth-order valence-corrected chi connectivity index (χ4v) is 4.83. The van der Waals surface area contributed by atoms with Gasteiger partial charge in [-0.05, 0) is 83.0 Å². The predicted molar refractivity (Wildman–Crippen MR) is 117 cm³/mol. The molecule has 1 aliphatic rings. The molecule has 1 aliphatic carbocycles. The van der Waals surface area contributed by atoms with Crippen LogP contribution in [0.25, 0.3) is 22.5 Å². The monoisotopic (exact) mass is 373 g/mol. The van der Waals surface area contributed by atoms with Crippen LogP contribution in [0.3, 0.4) is 0 Å². The lowest BCUT2D eigenvalue weighted by Gasteiger charge is -2.26. The van der Waals surface area contributed by atoms with E-state index in [1.165, 1.54) is 47.3 Å². The van der Waals surface area contributed by atoms with E-state index in [9.17, 15) is 0 Å². The Kier molecular flexibility index (Phi) is 5.36. The number of benzene rings is 1. The zero-order chi connectivity index (χ0) is 19.7. The smallest absolute Gasteiger partial charge is 0.0727 e. The highest BCUT2D eigenvalue weighted by Gasteiger charge is 2.28. The molecule has 4 rings (SSSR count). The number of aromatic nitrogens is 2. The summed E-state index contributed by atoms with van der Waals surface area (Å²) in [5.41, 5.74) is 8.26. The standard InChI is InChI=1S/C25H31N3/c1-17-14-22(18(2)26-17)24-12-7-11-23(27-24)20-9-5-8-19(15-20)16-21-10-6-13-25(21)28(3)4/h5,7-9,11-12,14-15,21,25-26H,6,10,13,16H2,1-4H3. The molecule has 0 bridgehead atoms. The van der Waals surface area contributed by atoms with E-state index in [0.717, 1.165) is 23.7 Å². The number of nitrogens with zero attached hydrogens (tertiary/aromatic N) is 2. The van der Waals surface area contributed by atoms with Crippen molar-refractivity contribution in [3.63, 3.8) is 0 Å². The molecule has 3 nitrogen and oxygen atoms in total. The van der Waals surface area contributed by atoms with Gasteiger partial charge in [-0.15, -0.1) is 0 Å². The van der Waals surface area contributed by atoms with Gasteiger partial charge in [0, 0.05) is 28.6 Å². The highest BCUT2D eigenvalue weighted by molar-refractivity contribution is 5.68. The number of rotatable bonds is 5. The second-order valence-electron chi connectivity index (χ2n) is 8.53. The molecule has 0 aliphatic heterocycles. The summed E-state index contributed by atoms with van der Waals surface area (Å²) in [4.78, 5) is 10.8. The summed E-state index contributed by atoms with van der Waals surface area (Å²) in [6.45, 7) is 4.20. The summed E-state index contributed by atoms with van der Waals surface area (Å²) in [7, 11) is 4.44. The minimum atomic E-state index is 0.713. The molecule has 28 heavy (non-hydrogen) atoms. The van der Waals surface area contributed by atoms with Gasteiger partial charge in [-0.2, -0.15) is 0 Å². The van der Waals surface area contributed by atoms with E-state index < -0.39 is 0 Å². The summed E-state index contributed by atoms with van der Waals surface area (Å²) >= 11 is 0. The van der Waals surface area contributed by atoms with E-state index in [1.54, 1.807) is 0 Å². The van der Waals surface area contributed by atoms with E-state index in [0.29, 0.717) is 6.04 Å². The zero-order valence-corrected chi connectivity index (χ0v) is 17.5. The fraction of sp³-hybridized carbons (Fsp3) is 0.400. The Morgan fingerprint density at radius 1 is 1.00 bits per heavy atom. The van der Waals surface area contributed by atoms with Gasteiger partial charge >= 0.3 is 0 Å². The fourth-order valence-electron chi connectivity index (χ4n) is 4.83. The lowest BCUT2D eigenvalue weighted by Crippen LogP contribution is -2.32. The van der Waals surface area contributed by atoms with Crippen molar-refractivity contribution in [2.24, 2.45) is 5.92 Å². The summed E-state index contributed by atoms with van der Waals surface area (Å²) in [6, 6.07) is 18.2. The molecule has 2 atom stereocenters. The van der Waals surface area contributed by atoms with Gasteiger partial charge in [0.05, 0.1) is 11.4 Å². The number of nitrogens with one attached hydrogen (secondary N) is 1. The maximum atomic E-state index is 4.98. The van der Waals surface area contributed by atoms with Crippen molar-refractivity contribution in [3.8, 4) is 22.5 Å². The maximum absolute atomic E-state index is 4.98. The van der Waals surface area contributed by atoms with Gasteiger partial charge in [0.2, 0.25) is 0 Å². The van der Waals surface area contributed by atoms with Crippen molar-refractivity contribution in [1.29, 1.82) is 0 Å². The van der Waals surface area contributed by atoms with Crippen LogP contribution in [0.2, 0.25) is 0 Å². The Balaban J connectivity index is 1.60. The van der Waals surface area contributed by atoms with Crippen LogP contribution in [0.1, 0.15) is 36.2 Å². The molecule has 146 valence electrons. The normalized spacial score (nSPS) is 19.5. The number of hydrogen-bond acceptors (Lipinski definition) is 2. The average molecular weight is 374 g/mol. The number of hydrogen-bond donors (Lipinski definition) is 1. The Bertz CT molecular complexity index is 954. The molecule has 1 aromatic carbocycles. The van der Waals surface area contributed by atoms with Gasteiger partial charge in [-0.25, -0.2) is 4.98 Å². The lowest BCUT2D eigenvalue weighted by atomic mass is 9.93. The first-order chi connectivity index (χ1) is 13.5. The summed E-state index contributed by atoms with van der Waals surface area (Å²) in [5.74, 6) is 0.759. The van der Waals surface area contributed by atoms with E-state index in [4.69, 9.17) is 4.98 Å². The number of pyridine rings is 1. The van der Waals surface area contributed by atoms with Crippen LogP contribution < -0.4 is 0 Å². The van der Waals surface area contributed by atoms with Crippen molar-refractivity contribution in [2.45, 2.75) is 45.6 Å². The molecule has 0 saturated heterocycles. The minimum Gasteiger partial charge on any atom is -0.362 e. The van der Waals surface area contributed by atoms with Gasteiger partial charge in [-0.1, -0.05) is 30.7 Å². The molecule has 0 amide bonds. The Hall–Kier alpha value is -2.39. The van der Waals surface area contributed by atoms with Crippen LogP contribution >= 0.6 is 0 Å². The summed E-state index contributed by atoms with van der Waals surface area (Å²) < 4.78 is 0. The third-order valence-corrected chi connectivity index (χ3v) is 6.18. The maximum Gasteiger partial charge on any atom is 0.0727 e. The minimum absolute atomic E-state index is 0.713.